The van der Waals surface area contributed by atoms with Crippen LogP contribution in [-0.4, -0.2) is 33.2 Å². The standard InChI is InChI=1S/C20H23ClN2O3/c1-25-14-9-10-15(19(12-14)26-2)18-8-5-11-23(18)13-20(24)22-17-7-4-3-6-16(17)21/h3-4,6-7,9-10,12,18H,5,8,11,13H2,1-2H3,(H,22,24)/p+1/t18-/m0/s1. The Labute approximate surface area is 158 Å². The highest BCUT2D eigenvalue weighted by atomic mass is 35.5. The zero-order valence-electron chi connectivity index (χ0n) is 15.0. The maximum absolute atomic E-state index is 12.5. The summed E-state index contributed by atoms with van der Waals surface area (Å²) in [5.41, 5.74) is 1.77. The van der Waals surface area contributed by atoms with Gasteiger partial charge in [0.2, 0.25) is 0 Å². The Hall–Kier alpha value is -2.24. The van der Waals surface area contributed by atoms with Gasteiger partial charge in [0.25, 0.3) is 5.91 Å². The first-order chi connectivity index (χ1) is 12.6. The minimum atomic E-state index is -0.0347. The van der Waals surface area contributed by atoms with Crippen molar-refractivity contribution in [1.29, 1.82) is 0 Å². The summed E-state index contributed by atoms with van der Waals surface area (Å²) in [5.74, 6) is 1.54. The number of carbonyl (C=O) groups is 1. The summed E-state index contributed by atoms with van der Waals surface area (Å²) in [6, 6.07) is 13.4. The third-order valence-corrected chi connectivity index (χ3v) is 5.16. The fraction of sp³-hybridized carbons (Fsp3) is 0.350. The van der Waals surface area contributed by atoms with Gasteiger partial charge < -0.3 is 19.7 Å². The van der Waals surface area contributed by atoms with E-state index in [1.54, 1.807) is 20.3 Å². The van der Waals surface area contributed by atoms with E-state index in [-0.39, 0.29) is 11.9 Å². The van der Waals surface area contributed by atoms with Crippen LogP contribution >= 0.6 is 11.6 Å². The van der Waals surface area contributed by atoms with Gasteiger partial charge in [-0.3, -0.25) is 4.79 Å². The number of anilines is 1. The number of rotatable bonds is 6. The molecule has 2 aromatic carbocycles. The summed E-state index contributed by atoms with van der Waals surface area (Å²) in [6.07, 6.45) is 2.10. The number of carbonyl (C=O) groups excluding carboxylic acids is 1. The molecule has 2 aromatic rings. The van der Waals surface area contributed by atoms with Crippen molar-refractivity contribution in [1.82, 2.24) is 0 Å². The van der Waals surface area contributed by atoms with E-state index in [0.717, 1.165) is 36.4 Å². The molecular weight excluding hydrogens is 352 g/mol. The lowest BCUT2D eigenvalue weighted by Crippen LogP contribution is -3.11. The molecule has 0 saturated carbocycles. The first kappa shape index (κ1) is 18.5. The second-order valence-corrected chi connectivity index (χ2v) is 6.82. The molecule has 1 amide bonds. The van der Waals surface area contributed by atoms with E-state index in [9.17, 15) is 4.79 Å². The molecule has 138 valence electrons. The van der Waals surface area contributed by atoms with Crippen LogP contribution in [0, 0.1) is 0 Å². The van der Waals surface area contributed by atoms with Crippen LogP contribution in [0.2, 0.25) is 5.02 Å². The highest BCUT2D eigenvalue weighted by molar-refractivity contribution is 6.33. The number of nitrogens with one attached hydrogen (secondary N) is 2. The van der Waals surface area contributed by atoms with Gasteiger partial charge in [-0.15, -0.1) is 0 Å². The molecule has 1 fully saturated rings. The van der Waals surface area contributed by atoms with Gasteiger partial charge in [0.15, 0.2) is 6.54 Å². The zero-order chi connectivity index (χ0) is 18.5. The van der Waals surface area contributed by atoms with Gasteiger partial charge >= 0.3 is 0 Å². The van der Waals surface area contributed by atoms with Crippen molar-refractivity contribution in [2.24, 2.45) is 0 Å². The topological polar surface area (TPSA) is 52.0 Å². The summed E-state index contributed by atoms with van der Waals surface area (Å²) in [5, 5.41) is 3.46. The second kappa shape index (κ2) is 8.43. The molecule has 1 aliphatic rings. The monoisotopic (exact) mass is 375 g/mol. The Morgan fingerprint density at radius 2 is 2.04 bits per heavy atom. The first-order valence-electron chi connectivity index (χ1n) is 8.73. The molecule has 1 aliphatic heterocycles. The van der Waals surface area contributed by atoms with Crippen molar-refractivity contribution in [3.05, 3.63) is 53.1 Å². The fourth-order valence-corrected chi connectivity index (χ4v) is 3.75. The number of hydrogen-bond donors (Lipinski definition) is 2. The van der Waals surface area contributed by atoms with E-state index in [4.69, 9.17) is 21.1 Å². The van der Waals surface area contributed by atoms with E-state index in [1.165, 1.54) is 4.90 Å². The minimum absolute atomic E-state index is 0.0347. The van der Waals surface area contributed by atoms with Crippen LogP contribution < -0.4 is 19.7 Å². The Kier molecular flexibility index (Phi) is 6.01. The SMILES string of the molecule is COc1ccc([C@@H]2CCC[NH+]2CC(=O)Nc2ccccc2Cl)c(OC)c1. The maximum Gasteiger partial charge on any atom is 0.279 e. The average Bonchev–Trinajstić information content (AvgIpc) is 3.10. The van der Waals surface area contributed by atoms with Crippen LogP contribution in [0.4, 0.5) is 5.69 Å². The van der Waals surface area contributed by atoms with Gasteiger partial charge in [0.05, 0.1) is 37.0 Å². The number of likely N-dealkylation sites (tertiary alicyclic amines) is 1. The smallest absolute Gasteiger partial charge is 0.279 e. The predicted molar refractivity (Wildman–Crippen MR) is 102 cm³/mol. The van der Waals surface area contributed by atoms with Crippen LogP contribution in [0.1, 0.15) is 24.4 Å². The normalized spacial score (nSPS) is 19.2. The van der Waals surface area contributed by atoms with E-state index in [0.29, 0.717) is 17.3 Å². The van der Waals surface area contributed by atoms with Crippen LogP contribution in [0.25, 0.3) is 0 Å². The average molecular weight is 376 g/mol. The molecule has 2 atom stereocenters. The summed E-state index contributed by atoms with van der Waals surface area (Å²) < 4.78 is 10.8. The molecule has 0 spiro atoms. The van der Waals surface area contributed by atoms with E-state index in [1.807, 2.05) is 36.4 Å². The van der Waals surface area contributed by atoms with Crippen molar-refractivity contribution in [3.8, 4) is 11.5 Å². The molecular formula is C20H24ClN2O3+. The van der Waals surface area contributed by atoms with E-state index >= 15 is 0 Å². The molecule has 0 aliphatic carbocycles. The molecule has 0 bridgehead atoms. The highest BCUT2D eigenvalue weighted by Crippen LogP contribution is 2.31. The Bertz CT molecular complexity index is 781. The van der Waals surface area contributed by atoms with Gasteiger partial charge in [-0.1, -0.05) is 23.7 Å². The number of quaternary nitrogens is 1. The first-order valence-corrected chi connectivity index (χ1v) is 9.11. The molecule has 2 N–H and O–H groups in total. The molecule has 0 radical (unpaired) electrons. The summed E-state index contributed by atoms with van der Waals surface area (Å²) in [4.78, 5) is 13.7. The lowest BCUT2D eigenvalue weighted by atomic mass is 10.0. The largest absolute Gasteiger partial charge is 0.497 e. The Morgan fingerprint density at radius 3 is 2.77 bits per heavy atom. The minimum Gasteiger partial charge on any atom is -0.497 e. The van der Waals surface area contributed by atoms with Crippen molar-refractivity contribution in [2.75, 3.05) is 32.6 Å². The van der Waals surface area contributed by atoms with E-state index < -0.39 is 0 Å². The number of hydrogen-bond acceptors (Lipinski definition) is 3. The summed E-state index contributed by atoms with van der Waals surface area (Å²) >= 11 is 6.13. The lowest BCUT2D eigenvalue weighted by Gasteiger charge is -2.23. The van der Waals surface area contributed by atoms with Gasteiger partial charge in [-0.05, 0) is 24.3 Å². The van der Waals surface area contributed by atoms with Crippen molar-refractivity contribution in [2.45, 2.75) is 18.9 Å². The number of benzene rings is 2. The van der Waals surface area contributed by atoms with Crippen molar-refractivity contribution >= 4 is 23.2 Å². The van der Waals surface area contributed by atoms with Gasteiger partial charge in [-0.2, -0.15) is 0 Å². The predicted octanol–water partition coefficient (Wildman–Crippen LogP) is 2.72. The molecule has 5 nitrogen and oxygen atoms in total. The molecule has 26 heavy (non-hydrogen) atoms. The lowest BCUT2D eigenvalue weighted by molar-refractivity contribution is -0.910. The zero-order valence-corrected chi connectivity index (χ0v) is 15.8. The Balaban J connectivity index is 1.72. The summed E-state index contributed by atoms with van der Waals surface area (Å²) in [7, 11) is 3.30. The Morgan fingerprint density at radius 1 is 1.23 bits per heavy atom. The fourth-order valence-electron chi connectivity index (χ4n) is 3.57. The third kappa shape index (κ3) is 4.11. The summed E-state index contributed by atoms with van der Waals surface area (Å²) in [6.45, 7) is 1.35. The van der Waals surface area contributed by atoms with E-state index in [2.05, 4.69) is 5.32 Å². The molecule has 1 saturated heterocycles. The quantitative estimate of drug-likeness (QED) is 0.816. The van der Waals surface area contributed by atoms with Gasteiger partial charge in [-0.25, -0.2) is 0 Å². The van der Waals surface area contributed by atoms with Crippen LogP contribution in [-0.2, 0) is 4.79 Å². The van der Waals surface area contributed by atoms with Gasteiger partial charge in [0, 0.05) is 18.9 Å². The molecule has 3 rings (SSSR count). The van der Waals surface area contributed by atoms with Crippen LogP contribution in [0.15, 0.2) is 42.5 Å². The molecule has 1 unspecified atom stereocenters. The highest BCUT2D eigenvalue weighted by Gasteiger charge is 2.33. The third-order valence-electron chi connectivity index (χ3n) is 4.84. The number of amides is 1. The number of halogens is 1. The maximum atomic E-state index is 12.5. The second-order valence-electron chi connectivity index (χ2n) is 6.42. The number of methoxy groups -OCH3 is 2. The number of para-hydroxylation sites is 1. The van der Waals surface area contributed by atoms with Gasteiger partial charge in [0.1, 0.15) is 17.5 Å². The van der Waals surface area contributed by atoms with Crippen LogP contribution in [0.5, 0.6) is 11.5 Å². The van der Waals surface area contributed by atoms with Crippen LogP contribution in [0.3, 0.4) is 0 Å². The molecule has 0 aromatic heterocycles. The molecule has 6 heteroatoms. The van der Waals surface area contributed by atoms with Crippen molar-refractivity contribution in [3.63, 3.8) is 0 Å². The van der Waals surface area contributed by atoms with Crippen molar-refractivity contribution < 1.29 is 19.2 Å². The number of ether oxygens (including phenoxy) is 2. The molecule has 1 heterocycles.